The fourth-order valence-electron chi connectivity index (χ4n) is 3.32. The minimum absolute atomic E-state index is 0.107. The first kappa shape index (κ1) is 15.3. The molecule has 1 atom stereocenters. The van der Waals surface area contributed by atoms with E-state index in [1.807, 2.05) is 24.4 Å². The molecule has 0 aliphatic carbocycles. The van der Waals surface area contributed by atoms with Crippen LogP contribution in [0.15, 0.2) is 23.2 Å². The van der Waals surface area contributed by atoms with Crippen LogP contribution in [0, 0.1) is 5.92 Å². The van der Waals surface area contributed by atoms with Crippen molar-refractivity contribution in [3.05, 3.63) is 28.1 Å². The number of piperidine rings is 1. The van der Waals surface area contributed by atoms with Gasteiger partial charge in [-0.2, -0.15) is 0 Å². The van der Waals surface area contributed by atoms with Gasteiger partial charge in [-0.25, -0.2) is 0 Å². The van der Waals surface area contributed by atoms with Crippen LogP contribution in [0.4, 0.5) is 0 Å². The molecule has 1 aromatic rings. The van der Waals surface area contributed by atoms with E-state index < -0.39 is 0 Å². The number of amides is 2. The normalized spacial score (nSPS) is 22.9. The molecule has 2 amide bonds. The molecule has 1 aromatic heterocycles. The van der Waals surface area contributed by atoms with Crippen LogP contribution < -0.4 is 0 Å². The van der Waals surface area contributed by atoms with Crippen molar-refractivity contribution in [3.8, 4) is 0 Å². The largest absolute Gasteiger partial charge is 0.366 e. The number of likely N-dealkylation sites (tertiary alicyclic amines) is 1. The van der Waals surface area contributed by atoms with Crippen molar-refractivity contribution in [2.75, 3.05) is 19.6 Å². The summed E-state index contributed by atoms with van der Waals surface area (Å²) in [6.07, 6.45) is 3.06. The van der Waals surface area contributed by atoms with Gasteiger partial charge < -0.3 is 4.90 Å². The molecule has 2 aliphatic rings. The second-order valence-electron chi connectivity index (χ2n) is 6.16. The molecule has 1 fully saturated rings. The van der Waals surface area contributed by atoms with Gasteiger partial charge in [0.25, 0.3) is 11.8 Å². The SMILES string of the molecule is CCCN1C(=O)C(c2cccs2)=C(N2CCCC(C)C2)C1=O. The Morgan fingerprint density at radius 1 is 1.32 bits per heavy atom. The Bertz CT molecular complexity index is 606. The highest BCUT2D eigenvalue weighted by Gasteiger charge is 2.42. The highest BCUT2D eigenvalue weighted by atomic mass is 32.1. The molecule has 1 unspecified atom stereocenters. The maximum absolute atomic E-state index is 12.8. The summed E-state index contributed by atoms with van der Waals surface area (Å²) >= 11 is 1.53. The van der Waals surface area contributed by atoms with Crippen molar-refractivity contribution in [3.63, 3.8) is 0 Å². The van der Waals surface area contributed by atoms with Crippen LogP contribution in [0.25, 0.3) is 5.57 Å². The van der Waals surface area contributed by atoms with Crippen molar-refractivity contribution < 1.29 is 9.59 Å². The first-order chi connectivity index (χ1) is 10.6. The van der Waals surface area contributed by atoms with E-state index in [-0.39, 0.29) is 11.8 Å². The van der Waals surface area contributed by atoms with Gasteiger partial charge in [-0.05, 0) is 36.6 Å². The Kier molecular flexibility index (Phi) is 4.34. The predicted molar refractivity (Wildman–Crippen MR) is 88.2 cm³/mol. The number of rotatable bonds is 4. The van der Waals surface area contributed by atoms with Crippen LogP contribution >= 0.6 is 11.3 Å². The number of carbonyl (C=O) groups excluding carboxylic acids is 2. The number of imide groups is 1. The highest BCUT2D eigenvalue weighted by molar-refractivity contribution is 7.11. The van der Waals surface area contributed by atoms with Crippen LogP contribution in [-0.4, -0.2) is 41.2 Å². The Labute approximate surface area is 135 Å². The summed E-state index contributed by atoms with van der Waals surface area (Å²) in [6.45, 7) is 6.44. The van der Waals surface area contributed by atoms with Crippen molar-refractivity contribution in [1.29, 1.82) is 0 Å². The van der Waals surface area contributed by atoms with Crippen molar-refractivity contribution in [1.82, 2.24) is 9.80 Å². The van der Waals surface area contributed by atoms with E-state index in [1.54, 1.807) is 0 Å². The Morgan fingerprint density at radius 2 is 2.14 bits per heavy atom. The molecule has 3 rings (SSSR count). The summed E-state index contributed by atoms with van der Waals surface area (Å²) in [5, 5.41) is 1.96. The molecular formula is C17H22N2O2S. The maximum atomic E-state index is 12.8. The van der Waals surface area contributed by atoms with Gasteiger partial charge in [0, 0.05) is 24.5 Å². The lowest BCUT2D eigenvalue weighted by Crippen LogP contribution is -2.39. The molecule has 0 aromatic carbocycles. The fourth-order valence-corrected chi connectivity index (χ4v) is 4.08. The maximum Gasteiger partial charge on any atom is 0.277 e. The van der Waals surface area contributed by atoms with E-state index >= 15 is 0 Å². The molecule has 118 valence electrons. The molecule has 22 heavy (non-hydrogen) atoms. The van der Waals surface area contributed by atoms with Gasteiger partial charge >= 0.3 is 0 Å². The molecule has 0 radical (unpaired) electrons. The summed E-state index contributed by atoms with van der Waals surface area (Å²) in [5.41, 5.74) is 1.25. The van der Waals surface area contributed by atoms with Crippen LogP contribution in [0.1, 0.15) is 38.0 Å². The number of thiophene rings is 1. The minimum atomic E-state index is -0.123. The smallest absolute Gasteiger partial charge is 0.277 e. The minimum Gasteiger partial charge on any atom is -0.366 e. The number of carbonyl (C=O) groups is 2. The zero-order chi connectivity index (χ0) is 15.7. The van der Waals surface area contributed by atoms with E-state index in [1.165, 1.54) is 22.7 Å². The van der Waals surface area contributed by atoms with Crippen molar-refractivity contribution in [2.45, 2.75) is 33.1 Å². The van der Waals surface area contributed by atoms with E-state index in [2.05, 4.69) is 11.8 Å². The average molecular weight is 318 g/mol. The third kappa shape index (κ3) is 2.58. The Morgan fingerprint density at radius 3 is 2.77 bits per heavy atom. The van der Waals surface area contributed by atoms with Crippen molar-refractivity contribution >= 4 is 28.7 Å². The first-order valence-electron chi connectivity index (χ1n) is 8.02. The van der Waals surface area contributed by atoms with Gasteiger partial charge in [-0.3, -0.25) is 14.5 Å². The summed E-state index contributed by atoms with van der Waals surface area (Å²) in [4.78, 5) is 30.1. The highest BCUT2D eigenvalue weighted by Crippen LogP contribution is 2.35. The lowest BCUT2D eigenvalue weighted by atomic mass is 9.99. The number of hydrogen-bond donors (Lipinski definition) is 0. The molecule has 2 aliphatic heterocycles. The zero-order valence-electron chi connectivity index (χ0n) is 13.2. The van der Waals surface area contributed by atoms with E-state index in [4.69, 9.17) is 0 Å². The predicted octanol–water partition coefficient (Wildman–Crippen LogP) is 2.97. The second-order valence-corrected chi connectivity index (χ2v) is 7.10. The molecule has 0 bridgehead atoms. The van der Waals surface area contributed by atoms with Crippen LogP contribution in [0.3, 0.4) is 0 Å². The molecular weight excluding hydrogens is 296 g/mol. The van der Waals surface area contributed by atoms with E-state index in [9.17, 15) is 9.59 Å². The number of nitrogens with zero attached hydrogens (tertiary/aromatic N) is 2. The van der Waals surface area contributed by atoms with E-state index in [0.717, 1.165) is 30.8 Å². The lowest BCUT2D eigenvalue weighted by Gasteiger charge is -2.33. The van der Waals surface area contributed by atoms with Gasteiger partial charge in [0.05, 0.1) is 5.57 Å². The average Bonchev–Trinajstić information content (AvgIpc) is 3.09. The third-order valence-corrected chi connectivity index (χ3v) is 5.22. The van der Waals surface area contributed by atoms with Gasteiger partial charge in [-0.1, -0.05) is 19.9 Å². The third-order valence-electron chi connectivity index (χ3n) is 4.33. The van der Waals surface area contributed by atoms with Gasteiger partial charge in [0.1, 0.15) is 5.70 Å². The van der Waals surface area contributed by atoms with Gasteiger partial charge in [-0.15, -0.1) is 11.3 Å². The summed E-state index contributed by atoms with van der Waals surface area (Å²) < 4.78 is 0. The van der Waals surface area contributed by atoms with Crippen LogP contribution in [-0.2, 0) is 9.59 Å². The van der Waals surface area contributed by atoms with Crippen LogP contribution in [0.5, 0.6) is 0 Å². The number of hydrogen-bond acceptors (Lipinski definition) is 4. The first-order valence-corrected chi connectivity index (χ1v) is 8.90. The van der Waals surface area contributed by atoms with Crippen LogP contribution in [0.2, 0.25) is 0 Å². The van der Waals surface area contributed by atoms with E-state index in [0.29, 0.717) is 23.7 Å². The van der Waals surface area contributed by atoms with Gasteiger partial charge in [0.15, 0.2) is 0 Å². The standard InChI is InChI=1S/C17H22N2O2S/c1-3-8-19-16(20)14(13-7-5-10-22-13)15(17(19)21)18-9-4-6-12(2)11-18/h5,7,10,12H,3-4,6,8-9,11H2,1-2H3. The molecule has 4 nitrogen and oxygen atoms in total. The fraction of sp³-hybridized carbons (Fsp3) is 0.529. The quantitative estimate of drug-likeness (QED) is 0.801. The zero-order valence-corrected chi connectivity index (χ0v) is 14.0. The summed E-state index contributed by atoms with van der Waals surface area (Å²) in [7, 11) is 0. The second kappa shape index (κ2) is 6.24. The topological polar surface area (TPSA) is 40.6 Å². The monoisotopic (exact) mass is 318 g/mol. The molecule has 5 heteroatoms. The summed E-state index contributed by atoms with van der Waals surface area (Å²) in [6, 6.07) is 3.87. The summed E-state index contributed by atoms with van der Waals surface area (Å²) in [5.74, 6) is 0.334. The Hall–Kier alpha value is -1.62. The molecule has 3 heterocycles. The Balaban J connectivity index is 2.03. The molecule has 0 saturated carbocycles. The molecule has 1 saturated heterocycles. The van der Waals surface area contributed by atoms with Crippen molar-refractivity contribution in [2.24, 2.45) is 5.92 Å². The molecule has 0 N–H and O–H groups in total. The lowest BCUT2D eigenvalue weighted by molar-refractivity contribution is -0.137. The molecule has 0 spiro atoms. The van der Waals surface area contributed by atoms with Gasteiger partial charge in [0.2, 0.25) is 0 Å².